The van der Waals surface area contributed by atoms with Gasteiger partial charge in [-0.2, -0.15) is 0 Å². The Bertz CT molecular complexity index is 1370. The zero-order chi connectivity index (χ0) is 26.0. The number of benzene rings is 2. The molecule has 3 N–H and O–H groups in total. The fourth-order valence-corrected chi connectivity index (χ4v) is 5.80. The molecule has 1 aromatic heterocycles. The van der Waals surface area contributed by atoms with E-state index in [1.165, 1.54) is 12.1 Å². The maximum Gasteiger partial charge on any atom is 0.261 e. The van der Waals surface area contributed by atoms with Gasteiger partial charge in [-0.15, -0.1) is 0 Å². The summed E-state index contributed by atoms with van der Waals surface area (Å²) in [5.41, 5.74) is 1.83. The highest BCUT2D eigenvalue weighted by Crippen LogP contribution is 2.47. The van der Waals surface area contributed by atoms with Gasteiger partial charge in [0.2, 0.25) is 5.91 Å². The number of hydrogen-bond acceptors (Lipinski definition) is 7. The first kappa shape index (κ1) is 25.1. The number of nitrogens with zero attached hydrogens (tertiary/aromatic N) is 1. The number of hydrogen-bond donors (Lipinski definition) is 3. The van der Waals surface area contributed by atoms with Crippen LogP contribution in [0.5, 0.6) is 5.75 Å². The predicted molar refractivity (Wildman–Crippen MR) is 132 cm³/mol. The number of anilines is 1. The smallest absolute Gasteiger partial charge is 0.261 e. The van der Waals surface area contributed by atoms with Crippen LogP contribution in [0.1, 0.15) is 30.0 Å². The summed E-state index contributed by atoms with van der Waals surface area (Å²) in [6.45, 7) is 0.0106. The third-order valence-electron chi connectivity index (χ3n) is 6.48. The molecule has 1 fully saturated rings. The van der Waals surface area contributed by atoms with Crippen molar-refractivity contribution in [3.8, 4) is 5.75 Å². The number of halogens is 1. The number of nitrogens with one attached hydrogen (secondary N) is 2. The van der Waals surface area contributed by atoms with Crippen LogP contribution < -0.4 is 14.8 Å². The first-order valence-electron chi connectivity index (χ1n) is 11.8. The lowest BCUT2D eigenvalue weighted by atomic mass is 9.84. The number of aliphatic hydroxyl groups excluding tert-OH is 1. The first-order valence-corrected chi connectivity index (χ1v) is 13.3. The molecule has 0 bridgehead atoms. The molecule has 0 unspecified atom stereocenters. The summed E-state index contributed by atoms with van der Waals surface area (Å²) in [5, 5.41) is 12.8. The van der Waals surface area contributed by atoms with Gasteiger partial charge in [0.05, 0.1) is 36.3 Å². The van der Waals surface area contributed by atoms with Crippen LogP contribution in [0, 0.1) is 5.82 Å². The van der Waals surface area contributed by atoms with Crippen LogP contribution >= 0.6 is 0 Å². The number of rotatable bonds is 8. The first-order chi connectivity index (χ1) is 17.8. The van der Waals surface area contributed by atoms with Crippen molar-refractivity contribution in [1.82, 2.24) is 10.3 Å². The zero-order valence-corrected chi connectivity index (χ0v) is 20.5. The number of aromatic nitrogens is 1. The van der Waals surface area contributed by atoms with E-state index in [0.717, 1.165) is 23.4 Å². The summed E-state index contributed by atoms with van der Waals surface area (Å²) in [6, 6.07) is 14.9. The Labute approximate surface area is 213 Å². The Kier molecular flexibility index (Phi) is 7.09. The number of carbonyl (C=O) groups is 1. The Morgan fingerprint density at radius 3 is 2.68 bits per heavy atom. The minimum Gasteiger partial charge on any atom is -0.487 e. The fourth-order valence-electron chi connectivity index (χ4n) is 4.75. The van der Waals surface area contributed by atoms with Crippen molar-refractivity contribution < 1.29 is 32.2 Å². The second-order valence-corrected chi connectivity index (χ2v) is 10.7. The van der Waals surface area contributed by atoms with E-state index in [1.807, 2.05) is 12.1 Å². The number of amides is 1. The third-order valence-corrected chi connectivity index (χ3v) is 7.88. The Morgan fingerprint density at radius 2 is 1.95 bits per heavy atom. The fraction of sp³-hybridized carbons (Fsp3) is 0.308. The highest BCUT2D eigenvalue weighted by atomic mass is 32.2. The summed E-state index contributed by atoms with van der Waals surface area (Å²) >= 11 is 0. The molecule has 2 aliphatic rings. The molecule has 9 nitrogen and oxygen atoms in total. The van der Waals surface area contributed by atoms with Gasteiger partial charge in [0.15, 0.2) is 0 Å². The summed E-state index contributed by atoms with van der Waals surface area (Å²) in [5.74, 6) is -0.366. The highest BCUT2D eigenvalue weighted by Gasteiger charge is 2.46. The molecule has 11 heteroatoms. The van der Waals surface area contributed by atoms with Gasteiger partial charge in [-0.1, -0.05) is 6.07 Å². The van der Waals surface area contributed by atoms with Crippen molar-refractivity contribution in [3.05, 3.63) is 83.9 Å². The van der Waals surface area contributed by atoms with Gasteiger partial charge in [0.1, 0.15) is 23.8 Å². The predicted octanol–water partition coefficient (Wildman–Crippen LogP) is 2.72. The van der Waals surface area contributed by atoms with Gasteiger partial charge >= 0.3 is 0 Å². The molecule has 1 saturated heterocycles. The van der Waals surface area contributed by atoms with E-state index >= 15 is 0 Å². The van der Waals surface area contributed by atoms with Crippen molar-refractivity contribution in [1.29, 1.82) is 0 Å². The molecule has 3 aromatic rings. The van der Waals surface area contributed by atoms with E-state index in [9.17, 15) is 22.7 Å². The van der Waals surface area contributed by atoms with E-state index in [1.54, 1.807) is 30.5 Å². The SMILES string of the molecule is O=C(C[C@H]1C[C@H]2c3cc(NS(=O)(=O)c4ccc(F)cc4)ccc3O[C@H]2[C@H](CO)O1)NCc1ccccn1. The average Bonchev–Trinajstić information content (AvgIpc) is 3.25. The van der Waals surface area contributed by atoms with Gasteiger partial charge in [0.25, 0.3) is 10.0 Å². The molecule has 37 heavy (non-hydrogen) atoms. The zero-order valence-electron chi connectivity index (χ0n) is 19.7. The van der Waals surface area contributed by atoms with E-state index < -0.39 is 34.2 Å². The van der Waals surface area contributed by atoms with Crippen molar-refractivity contribution in [3.63, 3.8) is 0 Å². The lowest BCUT2D eigenvalue weighted by molar-refractivity contribution is -0.142. The van der Waals surface area contributed by atoms with Gasteiger partial charge in [-0.05, 0) is 61.0 Å². The maximum atomic E-state index is 13.2. The van der Waals surface area contributed by atoms with Crippen molar-refractivity contribution in [2.24, 2.45) is 0 Å². The van der Waals surface area contributed by atoms with E-state index in [-0.39, 0.29) is 29.7 Å². The monoisotopic (exact) mass is 527 g/mol. The van der Waals surface area contributed by atoms with Crippen molar-refractivity contribution in [2.75, 3.05) is 11.3 Å². The molecule has 1 amide bonds. The number of fused-ring (bicyclic) bond motifs is 3. The molecule has 0 saturated carbocycles. The molecule has 5 rings (SSSR count). The van der Waals surface area contributed by atoms with Crippen LogP contribution in [-0.2, 0) is 26.1 Å². The molecule has 0 radical (unpaired) electrons. The lowest BCUT2D eigenvalue weighted by Crippen LogP contribution is -2.47. The van der Waals surface area contributed by atoms with Crippen LogP contribution in [0.15, 0.2) is 71.8 Å². The molecule has 194 valence electrons. The normalized spacial score (nSPS) is 22.4. The molecular weight excluding hydrogens is 501 g/mol. The molecular formula is C26H26FN3O6S. The highest BCUT2D eigenvalue weighted by molar-refractivity contribution is 7.92. The summed E-state index contributed by atoms with van der Waals surface area (Å²) in [4.78, 5) is 16.7. The van der Waals surface area contributed by atoms with E-state index in [4.69, 9.17) is 9.47 Å². The second kappa shape index (κ2) is 10.4. The van der Waals surface area contributed by atoms with Crippen LogP contribution in [0.3, 0.4) is 0 Å². The molecule has 4 atom stereocenters. The minimum atomic E-state index is -3.93. The standard InChI is InChI=1S/C26H26FN3O6S/c27-16-4-7-20(8-5-16)37(33,34)30-17-6-9-23-21(11-17)22-12-19(35-24(15-31)26(22)36-23)13-25(32)29-14-18-3-1-2-10-28-18/h1-11,19,22,24,26,30-31H,12-15H2,(H,29,32)/t19-,22+,24+,26-/m1/s1. The molecule has 0 aliphatic carbocycles. The van der Waals surface area contributed by atoms with Gasteiger partial charge in [-0.3, -0.25) is 14.5 Å². The van der Waals surface area contributed by atoms with Crippen LogP contribution in [0.2, 0.25) is 0 Å². The Hall–Kier alpha value is -3.54. The van der Waals surface area contributed by atoms with Gasteiger partial charge in [-0.25, -0.2) is 12.8 Å². The molecule has 3 heterocycles. The van der Waals surface area contributed by atoms with E-state index in [2.05, 4.69) is 15.0 Å². The summed E-state index contributed by atoms with van der Waals surface area (Å²) < 4.78 is 53.3. The number of sulfonamides is 1. The van der Waals surface area contributed by atoms with Gasteiger partial charge < -0.3 is 19.9 Å². The molecule has 2 aromatic carbocycles. The minimum absolute atomic E-state index is 0.0632. The topological polar surface area (TPSA) is 127 Å². The maximum absolute atomic E-state index is 13.2. The number of ether oxygens (including phenoxy) is 2. The average molecular weight is 528 g/mol. The third kappa shape index (κ3) is 5.58. The quantitative estimate of drug-likeness (QED) is 0.411. The van der Waals surface area contributed by atoms with Crippen LogP contribution in [0.25, 0.3) is 0 Å². The number of aliphatic hydroxyl groups is 1. The molecule has 0 spiro atoms. The number of carbonyl (C=O) groups excluding carboxylic acids is 1. The largest absolute Gasteiger partial charge is 0.487 e. The summed E-state index contributed by atoms with van der Waals surface area (Å²) in [6.07, 6.45) is 0.647. The van der Waals surface area contributed by atoms with Crippen LogP contribution in [0.4, 0.5) is 10.1 Å². The summed E-state index contributed by atoms with van der Waals surface area (Å²) in [7, 11) is -3.93. The van der Waals surface area contributed by atoms with Gasteiger partial charge in [0, 0.05) is 23.4 Å². The van der Waals surface area contributed by atoms with Crippen molar-refractivity contribution >= 4 is 21.6 Å². The Morgan fingerprint density at radius 1 is 1.14 bits per heavy atom. The lowest BCUT2D eigenvalue weighted by Gasteiger charge is -2.37. The van der Waals surface area contributed by atoms with E-state index in [0.29, 0.717) is 24.4 Å². The van der Waals surface area contributed by atoms with Crippen molar-refractivity contribution in [2.45, 2.75) is 48.5 Å². The number of pyridine rings is 1. The Balaban J connectivity index is 1.29. The van der Waals surface area contributed by atoms with Crippen LogP contribution in [-0.4, -0.2) is 49.3 Å². The second-order valence-electron chi connectivity index (χ2n) is 9.02. The molecule has 2 aliphatic heterocycles.